The van der Waals surface area contributed by atoms with E-state index in [9.17, 15) is 9.59 Å². The minimum absolute atomic E-state index is 0.0942. The second kappa shape index (κ2) is 10.6. The number of methoxy groups -OCH3 is 2. The number of hydrogen-bond donors (Lipinski definition) is 0. The van der Waals surface area contributed by atoms with Crippen molar-refractivity contribution in [3.05, 3.63) is 99.7 Å². The molecule has 0 aliphatic carbocycles. The summed E-state index contributed by atoms with van der Waals surface area (Å²) >= 11 is 2.73. The maximum Gasteiger partial charge on any atom is 0.268 e. The molecule has 0 amide bonds. The third kappa shape index (κ3) is 4.90. The standard InChI is InChI=1S/C29H24N2O4S2/c1-18-25(19-10-6-4-7-11-19)26-27(37-18)30-29(31(28(26)33)21-12-8-5-9-13-21)36-17-24(32)20-14-22(34-2)16-23(15-20)35-3/h4-16H,17H2,1-3H3. The van der Waals surface area contributed by atoms with Crippen LogP contribution in [0.3, 0.4) is 0 Å². The molecule has 0 aliphatic rings. The fourth-order valence-corrected chi connectivity index (χ4v) is 6.17. The van der Waals surface area contributed by atoms with Crippen molar-refractivity contribution in [2.45, 2.75) is 12.1 Å². The van der Waals surface area contributed by atoms with Crippen molar-refractivity contribution in [2.24, 2.45) is 0 Å². The monoisotopic (exact) mass is 528 g/mol. The third-order valence-corrected chi connectivity index (χ3v) is 7.89. The molecule has 0 aliphatic heterocycles. The number of Topliss-reactive ketones (excluding diaryl/α,β-unsaturated/α-hetero) is 1. The number of nitrogens with zero attached hydrogens (tertiary/aromatic N) is 2. The zero-order valence-electron chi connectivity index (χ0n) is 20.6. The highest BCUT2D eigenvalue weighted by Crippen LogP contribution is 2.37. The molecule has 8 heteroatoms. The van der Waals surface area contributed by atoms with Gasteiger partial charge in [0.1, 0.15) is 16.3 Å². The number of aryl methyl sites for hydroxylation is 1. The molecule has 0 atom stereocenters. The van der Waals surface area contributed by atoms with Crippen molar-refractivity contribution < 1.29 is 14.3 Å². The summed E-state index contributed by atoms with van der Waals surface area (Å²) in [7, 11) is 3.09. The first-order valence-electron chi connectivity index (χ1n) is 11.6. The lowest BCUT2D eigenvalue weighted by Gasteiger charge is -2.13. The van der Waals surface area contributed by atoms with Crippen LogP contribution >= 0.6 is 23.1 Å². The van der Waals surface area contributed by atoms with E-state index in [1.807, 2.05) is 67.6 Å². The number of rotatable bonds is 8. The van der Waals surface area contributed by atoms with Gasteiger partial charge in [-0.3, -0.25) is 14.2 Å². The molecule has 6 nitrogen and oxygen atoms in total. The SMILES string of the molecule is COc1cc(OC)cc(C(=O)CSc2nc3sc(C)c(-c4ccccc4)c3c(=O)n2-c2ccccc2)c1. The first-order valence-corrected chi connectivity index (χ1v) is 13.4. The smallest absolute Gasteiger partial charge is 0.268 e. The molecular weight excluding hydrogens is 504 g/mol. The van der Waals surface area contributed by atoms with Crippen LogP contribution in [-0.2, 0) is 0 Å². The molecule has 0 bridgehead atoms. The number of aromatic nitrogens is 2. The summed E-state index contributed by atoms with van der Waals surface area (Å²) in [6.07, 6.45) is 0. The van der Waals surface area contributed by atoms with Crippen molar-refractivity contribution in [3.8, 4) is 28.3 Å². The zero-order valence-corrected chi connectivity index (χ0v) is 22.2. The Morgan fingerprint density at radius 2 is 1.57 bits per heavy atom. The lowest BCUT2D eigenvalue weighted by molar-refractivity contribution is 0.102. The zero-order chi connectivity index (χ0) is 25.9. The fourth-order valence-electron chi connectivity index (χ4n) is 4.18. The summed E-state index contributed by atoms with van der Waals surface area (Å²) in [6, 6.07) is 24.4. The van der Waals surface area contributed by atoms with Gasteiger partial charge in [-0.05, 0) is 36.8 Å². The Labute approximate surface area is 222 Å². The van der Waals surface area contributed by atoms with Gasteiger partial charge in [-0.2, -0.15) is 0 Å². The van der Waals surface area contributed by atoms with E-state index in [1.165, 1.54) is 23.1 Å². The van der Waals surface area contributed by atoms with Crippen LogP contribution in [0.25, 0.3) is 27.0 Å². The molecule has 186 valence electrons. The number of thioether (sulfide) groups is 1. The maximum atomic E-state index is 14.0. The normalized spacial score (nSPS) is 11.0. The summed E-state index contributed by atoms with van der Waals surface area (Å²) in [6.45, 7) is 2.01. The van der Waals surface area contributed by atoms with Crippen LogP contribution in [0.4, 0.5) is 0 Å². The quantitative estimate of drug-likeness (QED) is 0.132. The summed E-state index contributed by atoms with van der Waals surface area (Å²) in [5.74, 6) is 1.05. The van der Waals surface area contributed by atoms with Crippen LogP contribution < -0.4 is 15.0 Å². The lowest BCUT2D eigenvalue weighted by Crippen LogP contribution is -2.22. The van der Waals surface area contributed by atoms with E-state index in [4.69, 9.17) is 14.5 Å². The number of ketones is 1. The molecule has 0 unspecified atom stereocenters. The van der Waals surface area contributed by atoms with Gasteiger partial charge in [-0.1, -0.05) is 60.3 Å². The maximum absolute atomic E-state index is 14.0. The van der Waals surface area contributed by atoms with Crippen molar-refractivity contribution in [2.75, 3.05) is 20.0 Å². The first-order chi connectivity index (χ1) is 18.0. The van der Waals surface area contributed by atoms with Gasteiger partial charge in [0.25, 0.3) is 5.56 Å². The average Bonchev–Trinajstić information content (AvgIpc) is 3.28. The van der Waals surface area contributed by atoms with Gasteiger partial charge >= 0.3 is 0 Å². The number of carbonyl (C=O) groups excluding carboxylic acids is 1. The van der Waals surface area contributed by atoms with Crippen molar-refractivity contribution in [1.82, 2.24) is 9.55 Å². The number of ether oxygens (including phenoxy) is 2. The summed E-state index contributed by atoms with van der Waals surface area (Å²) < 4.78 is 12.2. The van der Waals surface area contributed by atoms with E-state index in [0.29, 0.717) is 38.1 Å². The highest BCUT2D eigenvalue weighted by molar-refractivity contribution is 7.99. The molecule has 5 aromatic rings. The summed E-state index contributed by atoms with van der Waals surface area (Å²) in [5.41, 5.74) is 2.89. The largest absolute Gasteiger partial charge is 0.497 e. The molecule has 0 spiro atoms. The van der Waals surface area contributed by atoms with E-state index < -0.39 is 0 Å². The van der Waals surface area contributed by atoms with Gasteiger partial charge in [0.05, 0.1) is 31.0 Å². The number of thiophene rings is 1. The number of carbonyl (C=O) groups is 1. The van der Waals surface area contributed by atoms with Gasteiger partial charge in [0, 0.05) is 22.1 Å². The summed E-state index contributed by atoms with van der Waals surface area (Å²) in [5, 5.41) is 1.05. The number of para-hydroxylation sites is 1. The van der Waals surface area contributed by atoms with Crippen molar-refractivity contribution in [1.29, 1.82) is 0 Å². The molecule has 37 heavy (non-hydrogen) atoms. The molecule has 2 aromatic heterocycles. The molecule has 0 N–H and O–H groups in total. The Morgan fingerprint density at radius 1 is 0.946 bits per heavy atom. The Kier molecular flexibility index (Phi) is 7.12. The predicted octanol–water partition coefficient (Wildman–Crippen LogP) is 6.41. The average molecular weight is 529 g/mol. The van der Waals surface area contributed by atoms with Gasteiger partial charge in [0.15, 0.2) is 10.9 Å². The molecule has 2 heterocycles. The Hall–Kier alpha value is -3.88. The van der Waals surface area contributed by atoms with E-state index in [0.717, 1.165) is 16.0 Å². The number of benzene rings is 3. The van der Waals surface area contributed by atoms with Crippen LogP contribution in [0.2, 0.25) is 0 Å². The van der Waals surface area contributed by atoms with Gasteiger partial charge < -0.3 is 9.47 Å². The summed E-state index contributed by atoms with van der Waals surface area (Å²) in [4.78, 5) is 33.8. The molecule has 0 radical (unpaired) electrons. The predicted molar refractivity (Wildman–Crippen MR) is 150 cm³/mol. The van der Waals surface area contributed by atoms with Crippen LogP contribution in [-0.4, -0.2) is 35.3 Å². The molecule has 0 saturated heterocycles. The number of hydrogen-bond acceptors (Lipinski definition) is 7. The second-order valence-corrected chi connectivity index (χ2v) is 10.4. The fraction of sp³-hybridized carbons (Fsp3) is 0.138. The van der Waals surface area contributed by atoms with Crippen LogP contribution in [0.15, 0.2) is 88.8 Å². The van der Waals surface area contributed by atoms with Crippen LogP contribution in [0.1, 0.15) is 15.2 Å². The van der Waals surface area contributed by atoms with Gasteiger partial charge in [-0.15, -0.1) is 11.3 Å². The number of fused-ring (bicyclic) bond motifs is 1. The van der Waals surface area contributed by atoms with Gasteiger partial charge in [0.2, 0.25) is 0 Å². The van der Waals surface area contributed by atoms with E-state index in [-0.39, 0.29) is 17.1 Å². The van der Waals surface area contributed by atoms with Crippen LogP contribution in [0, 0.1) is 6.92 Å². The van der Waals surface area contributed by atoms with Crippen LogP contribution in [0.5, 0.6) is 11.5 Å². The van der Waals surface area contributed by atoms with E-state index in [2.05, 4.69) is 0 Å². The highest BCUT2D eigenvalue weighted by Gasteiger charge is 2.22. The Morgan fingerprint density at radius 3 is 2.19 bits per heavy atom. The topological polar surface area (TPSA) is 70.4 Å². The van der Waals surface area contributed by atoms with Crippen molar-refractivity contribution >= 4 is 39.1 Å². The Balaban J connectivity index is 1.60. The highest BCUT2D eigenvalue weighted by atomic mass is 32.2. The van der Waals surface area contributed by atoms with E-state index in [1.54, 1.807) is 37.0 Å². The van der Waals surface area contributed by atoms with Crippen molar-refractivity contribution in [3.63, 3.8) is 0 Å². The first kappa shape index (κ1) is 24.8. The minimum Gasteiger partial charge on any atom is -0.497 e. The second-order valence-electron chi connectivity index (χ2n) is 8.26. The molecule has 3 aromatic carbocycles. The molecular formula is C29H24N2O4S2. The molecule has 5 rings (SSSR count). The van der Waals surface area contributed by atoms with Gasteiger partial charge in [-0.25, -0.2) is 4.98 Å². The molecule has 0 fully saturated rings. The molecule has 0 saturated carbocycles. The minimum atomic E-state index is -0.155. The van der Waals surface area contributed by atoms with E-state index >= 15 is 0 Å². The lowest BCUT2D eigenvalue weighted by atomic mass is 10.0. The third-order valence-electron chi connectivity index (χ3n) is 5.95. The Bertz CT molecular complexity index is 1620.